The van der Waals surface area contributed by atoms with E-state index in [1.807, 2.05) is 54.6 Å². The molecule has 0 radical (unpaired) electrons. The number of halogens is 1. The van der Waals surface area contributed by atoms with Crippen LogP contribution in [0.3, 0.4) is 0 Å². The Morgan fingerprint density at radius 3 is 2.45 bits per heavy atom. The first kappa shape index (κ1) is 18.6. The fourth-order valence-corrected chi connectivity index (χ4v) is 3.24. The Morgan fingerprint density at radius 2 is 1.69 bits per heavy atom. The van der Waals surface area contributed by atoms with E-state index in [1.165, 1.54) is 18.2 Å². The van der Waals surface area contributed by atoms with Crippen molar-refractivity contribution in [3.05, 3.63) is 99.6 Å². The van der Waals surface area contributed by atoms with Crippen molar-refractivity contribution in [3.8, 4) is 11.3 Å². The molecule has 0 bridgehead atoms. The Kier molecular flexibility index (Phi) is 4.93. The van der Waals surface area contributed by atoms with Crippen LogP contribution in [0.15, 0.2) is 78.9 Å². The zero-order valence-corrected chi connectivity index (χ0v) is 15.8. The van der Waals surface area contributed by atoms with E-state index < -0.39 is 10.8 Å². The first-order valence-corrected chi connectivity index (χ1v) is 9.11. The molecular weight excluding hydrogens is 390 g/mol. The van der Waals surface area contributed by atoms with E-state index in [0.29, 0.717) is 22.2 Å². The molecule has 0 fully saturated rings. The van der Waals surface area contributed by atoms with Crippen molar-refractivity contribution in [1.82, 2.24) is 4.98 Å². The van der Waals surface area contributed by atoms with Gasteiger partial charge in [-0.15, -0.1) is 0 Å². The molecule has 0 aliphatic carbocycles. The number of aromatic nitrogens is 1. The third-order valence-corrected chi connectivity index (χ3v) is 4.75. The SMILES string of the molecule is O=C(Nc1ccc(Cl)c([N+](=O)[O-])c1)c1cc(-c2ccccc2)nc2ccccc12. The van der Waals surface area contributed by atoms with Gasteiger partial charge >= 0.3 is 0 Å². The molecule has 3 aromatic carbocycles. The van der Waals surface area contributed by atoms with Crippen LogP contribution in [0, 0.1) is 10.1 Å². The van der Waals surface area contributed by atoms with Gasteiger partial charge in [-0.1, -0.05) is 60.1 Å². The Hall–Kier alpha value is -3.77. The molecule has 0 spiro atoms. The number of para-hydroxylation sites is 1. The van der Waals surface area contributed by atoms with Crippen LogP contribution < -0.4 is 5.32 Å². The predicted molar refractivity (Wildman–Crippen MR) is 113 cm³/mol. The molecule has 0 aliphatic rings. The minimum Gasteiger partial charge on any atom is -0.322 e. The summed E-state index contributed by atoms with van der Waals surface area (Å²) in [4.78, 5) is 28.2. The molecule has 4 rings (SSSR count). The second-order valence-electron chi connectivity index (χ2n) is 6.32. The fourth-order valence-electron chi connectivity index (χ4n) is 3.05. The summed E-state index contributed by atoms with van der Waals surface area (Å²) in [5, 5.41) is 14.5. The van der Waals surface area contributed by atoms with E-state index in [1.54, 1.807) is 6.07 Å². The Morgan fingerprint density at radius 1 is 0.966 bits per heavy atom. The largest absolute Gasteiger partial charge is 0.322 e. The van der Waals surface area contributed by atoms with E-state index in [9.17, 15) is 14.9 Å². The molecule has 1 amide bonds. The highest BCUT2D eigenvalue weighted by Gasteiger charge is 2.17. The number of nitro benzene ring substituents is 1. The second kappa shape index (κ2) is 7.69. The molecule has 6 nitrogen and oxygen atoms in total. The molecule has 0 aliphatic heterocycles. The van der Waals surface area contributed by atoms with Gasteiger partial charge in [0.25, 0.3) is 11.6 Å². The number of carbonyl (C=O) groups is 1. The number of fused-ring (bicyclic) bond motifs is 1. The van der Waals surface area contributed by atoms with Gasteiger partial charge in [0, 0.05) is 22.7 Å². The quantitative estimate of drug-likeness (QED) is 0.349. The maximum absolute atomic E-state index is 13.0. The number of hydrogen-bond donors (Lipinski definition) is 1. The number of nitro groups is 1. The Balaban J connectivity index is 1.78. The summed E-state index contributed by atoms with van der Waals surface area (Å²) in [5.74, 6) is -0.391. The molecule has 0 saturated heterocycles. The van der Waals surface area contributed by atoms with Gasteiger partial charge in [0.15, 0.2) is 0 Å². The van der Waals surface area contributed by atoms with E-state index in [2.05, 4.69) is 10.3 Å². The summed E-state index contributed by atoms with van der Waals surface area (Å²) in [6, 6.07) is 22.8. The highest BCUT2D eigenvalue weighted by Crippen LogP contribution is 2.29. The summed E-state index contributed by atoms with van der Waals surface area (Å²) in [6.07, 6.45) is 0. The van der Waals surface area contributed by atoms with Gasteiger partial charge in [-0.2, -0.15) is 0 Å². The van der Waals surface area contributed by atoms with Crippen LogP contribution in [0.5, 0.6) is 0 Å². The highest BCUT2D eigenvalue weighted by molar-refractivity contribution is 6.32. The van der Waals surface area contributed by atoms with Crippen molar-refractivity contribution in [2.75, 3.05) is 5.32 Å². The number of carbonyl (C=O) groups excluding carboxylic acids is 1. The average molecular weight is 404 g/mol. The molecule has 0 saturated carbocycles. The van der Waals surface area contributed by atoms with Crippen molar-refractivity contribution in [2.45, 2.75) is 0 Å². The lowest BCUT2D eigenvalue weighted by Crippen LogP contribution is -2.13. The van der Waals surface area contributed by atoms with Crippen LogP contribution in [0.25, 0.3) is 22.2 Å². The minimum absolute atomic E-state index is 0.00808. The number of rotatable bonds is 4. The van der Waals surface area contributed by atoms with Crippen molar-refractivity contribution in [1.29, 1.82) is 0 Å². The standard InChI is InChI=1S/C22H14ClN3O3/c23-18-11-10-15(12-21(18)26(28)29)24-22(27)17-13-20(14-6-2-1-3-7-14)25-19-9-5-4-8-16(17)19/h1-13H,(H,24,27). The van der Waals surface area contributed by atoms with Crippen LogP contribution >= 0.6 is 11.6 Å². The van der Waals surface area contributed by atoms with Crippen LogP contribution in [-0.2, 0) is 0 Å². The average Bonchev–Trinajstić information content (AvgIpc) is 2.74. The molecule has 1 N–H and O–H groups in total. The maximum atomic E-state index is 13.0. The summed E-state index contributed by atoms with van der Waals surface area (Å²) < 4.78 is 0. The predicted octanol–water partition coefficient (Wildman–Crippen LogP) is 5.72. The molecule has 7 heteroatoms. The third kappa shape index (κ3) is 3.79. The van der Waals surface area contributed by atoms with Crippen molar-refractivity contribution in [3.63, 3.8) is 0 Å². The smallest absolute Gasteiger partial charge is 0.289 e. The topological polar surface area (TPSA) is 85.1 Å². The van der Waals surface area contributed by atoms with Crippen molar-refractivity contribution < 1.29 is 9.72 Å². The van der Waals surface area contributed by atoms with Gasteiger partial charge in [0.2, 0.25) is 0 Å². The molecule has 0 unspecified atom stereocenters. The lowest BCUT2D eigenvalue weighted by molar-refractivity contribution is -0.384. The van der Waals surface area contributed by atoms with Crippen LogP contribution in [-0.4, -0.2) is 15.8 Å². The third-order valence-electron chi connectivity index (χ3n) is 4.43. The lowest BCUT2D eigenvalue weighted by Gasteiger charge is -2.11. The normalized spacial score (nSPS) is 10.7. The van der Waals surface area contributed by atoms with Gasteiger partial charge in [-0.3, -0.25) is 14.9 Å². The minimum atomic E-state index is -0.590. The van der Waals surface area contributed by atoms with Gasteiger partial charge in [-0.25, -0.2) is 4.98 Å². The van der Waals surface area contributed by atoms with Crippen molar-refractivity contribution >= 4 is 39.8 Å². The van der Waals surface area contributed by atoms with Gasteiger partial charge < -0.3 is 5.32 Å². The maximum Gasteiger partial charge on any atom is 0.289 e. The molecule has 0 atom stereocenters. The summed E-state index contributed by atoms with van der Waals surface area (Å²) >= 11 is 5.85. The van der Waals surface area contributed by atoms with Gasteiger partial charge in [0.05, 0.1) is 21.7 Å². The molecule has 1 heterocycles. The number of benzene rings is 3. The summed E-state index contributed by atoms with van der Waals surface area (Å²) in [6.45, 7) is 0. The molecule has 142 valence electrons. The van der Waals surface area contributed by atoms with Crippen LogP contribution in [0.1, 0.15) is 10.4 Å². The zero-order chi connectivity index (χ0) is 20.4. The number of nitrogens with one attached hydrogen (secondary N) is 1. The highest BCUT2D eigenvalue weighted by atomic mass is 35.5. The Bertz CT molecular complexity index is 1240. The van der Waals surface area contributed by atoms with E-state index in [-0.39, 0.29) is 16.4 Å². The van der Waals surface area contributed by atoms with Gasteiger partial charge in [-0.05, 0) is 24.3 Å². The van der Waals surface area contributed by atoms with E-state index >= 15 is 0 Å². The molecular formula is C22H14ClN3O3. The first-order valence-electron chi connectivity index (χ1n) is 8.73. The fraction of sp³-hybridized carbons (Fsp3) is 0. The van der Waals surface area contributed by atoms with E-state index in [4.69, 9.17) is 11.6 Å². The zero-order valence-electron chi connectivity index (χ0n) is 15.0. The first-order chi connectivity index (χ1) is 14.0. The monoisotopic (exact) mass is 403 g/mol. The molecule has 29 heavy (non-hydrogen) atoms. The number of hydrogen-bond acceptors (Lipinski definition) is 4. The molecule has 4 aromatic rings. The van der Waals surface area contributed by atoms with Crippen molar-refractivity contribution in [2.24, 2.45) is 0 Å². The lowest BCUT2D eigenvalue weighted by atomic mass is 10.0. The van der Waals surface area contributed by atoms with Gasteiger partial charge in [0.1, 0.15) is 5.02 Å². The number of nitrogens with zero attached hydrogens (tertiary/aromatic N) is 2. The summed E-state index contributed by atoms with van der Waals surface area (Å²) in [7, 11) is 0. The number of pyridine rings is 1. The Labute approximate surface area is 170 Å². The van der Waals surface area contributed by atoms with E-state index in [0.717, 1.165) is 5.56 Å². The summed E-state index contributed by atoms with van der Waals surface area (Å²) in [5.41, 5.74) is 2.67. The van der Waals surface area contributed by atoms with Crippen LogP contribution in [0.2, 0.25) is 5.02 Å². The van der Waals surface area contributed by atoms with Crippen LogP contribution in [0.4, 0.5) is 11.4 Å². The number of anilines is 1. The number of amides is 1. The molecule has 1 aromatic heterocycles. The second-order valence-corrected chi connectivity index (χ2v) is 6.72.